The van der Waals surface area contributed by atoms with Crippen molar-refractivity contribution in [3.05, 3.63) is 28.8 Å². The summed E-state index contributed by atoms with van der Waals surface area (Å²) in [7, 11) is -3.69. The molecule has 0 aliphatic heterocycles. The number of hydrogen-bond donors (Lipinski definition) is 2. The van der Waals surface area contributed by atoms with Crippen LogP contribution in [0.2, 0.25) is 5.02 Å². The van der Waals surface area contributed by atoms with E-state index in [1.807, 2.05) is 13.8 Å². The second-order valence-electron chi connectivity index (χ2n) is 4.46. The van der Waals surface area contributed by atoms with Gasteiger partial charge < -0.3 is 5.11 Å². The number of carbonyl (C=O) groups is 1. The van der Waals surface area contributed by atoms with E-state index in [-0.39, 0.29) is 21.5 Å². The first kappa shape index (κ1) is 16.9. The summed E-state index contributed by atoms with van der Waals surface area (Å²) in [6.07, 6.45) is 2.31. The molecule has 0 fully saturated rings. The number of carboxylic acids is 1. The van der Waals surface area contributed by atoms with Gasteiger partial charge in [0.1, 0.15) is 0 Å². The fourth-order valence-corrected chi connectivity index (χ4v) is 3.52. The average molecular weight is 320 g/mol. The van der Waals surface area contributed by atoms with Crippen LogP contribution in [0.5, 0.6) is 0 Å². The molecule has 112 valence electrons. The highest BCUT2D eigenvalue weighted by molar-refractivity contribution is 7.89. The monoisotopic (exact) mass is 319 g/mol. The Morgan fingerprint density at radius 2 is 2.05 bits per heavy atom. The van der Waals surface area contributed by atoms with Crippen LogP contribution >= 0.6 is 11.6 Å². The fraction of sp³-hybridized carbons (Fsp3) is 0.462. The van der Waals surface area contributed by atoms with E-state index in [2.05, 4.69) is 4.72 Å². The predicted octanol–water partition coefficient (Wildman–Crippen LogP) is 2.90. The molecule has 0 saturated heterocycles. The molecule has 2 N–H and O–H groups in total. The van der Waals surface area contributed by atoms with Gasteiger partial charge in [0.25, 0.3) is 0 Å². The zero-order valence-corrected chi connectivity index (χ0v) is 13.0. The number of rotatable bonds is 7. The minimum atomic E-state index is -3.69. The Hall–Kier alpha value is -1.11. The average Bonchev–Trinajstić information content (AvgIpc) is 2.37. The minimum absolute atomic E-state index is 0.0259. The maximum Gasteiger partial charge on any atom is 0.337 e. The molecule has 7 heteroatoms. The van der Waals surface area contributed by atoms with Crippen molar-refractivity contribution < 1.29 is 18.3 Å². The third-order valence-corrected chi connectivity index (χ3v) is 4.76. The SMILES string of the molecule is CCCC(CC)NS(=O)(=O)c1ccc(C(=O)O)c(Cl)c1. The fourth-order valence-electron chi connectivity index (χ4n) is 1.82. The van der Waals surface area contributed by atoms with Crippen LogP contribution < -0.4 is 4.72 Å². The lowest BCUT2D eigenvalue weighted by Crippen LogP contribution is -2.34. The molecule has 0 bridgehead atoms. The summed E-state index contributed by atoms with van der Waals surface area (Å²) in [6, 6.07) is 3.46. The number of sulfonamides is 1. The molecule has 0 saturated carbocycles. The van der Waals surface area contributed by atoms with Crippen molar-refractivity contribution in [2.45, 2.75) is 44.0 Å². The molecule has 20 heavy (non-hydrogen) atoms. The summed E-state index contributed by atoms with van der Waals surface area (Å²) in [4.78, 5) is 10.8. The minimum Gasteiger partial charge on any atom is -0.478 e. The predicted molar refractivity (Wildman–Crippen MR) is 77.7 cm³/mol. The first-order chi connectivity index (χ1) is 9.31. The highest BCUT2D eigenvalue weighted by atomic mass is 35.5. The van der Waals surface area contributed by atoms with Gasteiger partial charge in [-0.15, -0.1) is 0 Å². The molecule has 0 amide bonds. The van der Waals surface area contributed by atoms with E-state index < -0.39 is 16.0 Å². The number of nitrogens with one attached hydrogen (secondary N) is 1. The van der Waals surface area contributed by atoms with E-state index >= 15 is 0 Å². The standard InChI is InChI=1S/C13H18ClNO4S/c1-3-5-9(4-2)15-20(18,19)10-6-7-11(13(16)17)12(14)8-10/h6-9,15H,3-5H2,1-2H3,(H,16,17). The summed E-state index contributed by atoms with van der Waals surface area (Å²) in [5, 5.41) is 8.77. The molecular formula is C13H18ClNO4S. The van der Waals surface area contributed by atoms with E-state index in [0.29, 0.717) is 6.42 Å². The van der Waals surface area contributed by atoms with Gasteiger partial charge >= 0.3 is 5.97 Å². The van der Waals surface area contributed by atoms with Gasteiger partial charge in [-0.25, -0.2) is 17.9 Å². The van der Waals surface area contributed by atoms with Crippen molar-refractivity contribution in [2.75, 3.05) is 0 Å². The molecule has 5 nitrogen and oxygen atoms in total. The first-order valence-corrected chi connectivity index (χ1v) is 8.23. The van der Waals surface area contributed by atoms with E-state index in [9.17, 15) is 13.2 Å². The lowest BCUT2D eigenvalue weighted by atomic mass is 10.1. The largest absolute Gasteiger partial charge is 0.478 e. The smallest absolute Gasteiger partial charge is 0.337 e. The summed E-state index contributed by atoms with van der Waals surface area (Å²) < 4.78 is 27.0. The molecule has 0 spiro atoms. The molecule has 0 aliphatic carbocycles. The van der Waals surface area contributed by atoms with Crippen molar-refractivity contribution in [1.82, 2.24) is 4.72 Å². The number of aromatic carboxylic acids is 1. The van der Waals surface area contributed by atoms with E-state index in [0.717, 1.165) is 18.9 Å². The van der Waals surface area contributed by atoms with Gasteiger partial charge in [0.2, 0.25) is 10.0 Å². The van der Waals surface area contributed by atoms with Crippen LogP contribution in [0.3, 0.4) is 0 Å². The molecular weight excluding hydrogens is 302 g/mol. The third kappa shape index (κ3) is 4.19. The topological polar surface area (TPSA) is 83.5 Å². The van der Waals surface area contributed by atoms with Gasteiger partial charge in [-0.3, -0.25) is 0 Å². The van der Waals surface area contributed by atoms with Crippen LogP contribution in [0.4, 0.5) is 0 Å². The number of halogens is 1. The van der Waals surface area contributed by atoms with Crippen LogP contribution in [0.15, 0.2) is 23.1 Å². The Balaban J connectivity index is 3.04. The van der Waals surface area contributed by atoms with E-state index in [1.165, 1.54) is 12.1 Å². The molecule has 0 radical (unpaired) electrons. The number of benzene rings is 1. The zero-order chi connectivity index (χ0) is 15.3. The van der Waals surface area contributed by atoms with Crippen molar-refractivity contribution >= 4 is 27.6 Å². The highest BCUT2D eigenvalue weighted by Gasteiger charge is 2.20. The maximum atomic E-state index is 12.2. The summed E-state index contributed by atoms with van der Waals surface area (Å²) in [6.45, 7) is 3.89. The van der Waals surface area contributed by atoms with Gasteiger partial charge in [0.15, 0.2) is 0 Å². The molecule has 1 aromatic carbocycles. The molecule has 1 rings (SSSR count). The highest BCUT2D eigenvalue weighted by Crippen LogP contribution is 2.21. The Labute approximate surface area is 124 Å². The molecule has 1 unspecified atom stereocenters. The lowest BCUT2D eigenvalue weighted by molar-refractivity contribution is 0.0697. The molecule has 0 aliphatic rings. The molecule has 0 aromatic heterocycles. The lowest BCUT2D eigenvalue weighted by Gasteiger charge is -2.16. The van der Waals surface area contributed by atoms with Gasteiger partial charge in [-0.1, -0.05) is 31.9 Å². The molecule has 1 atom stereocenters. The van der Waals surface area contributed by atoms with Crippen LogP contribution in [0.1, 0.15) is 43.5 Å². The first-order valence-electron chi connectivity index (χ1n) is 6.37. The van der Waals surface area contributed by atoms with Gasteiger partial charge in [0, 0.05) is 6.04 Å². The quantitative estimate of drug-likeness (QED) is 0.809. The van der Waals surface area contributed by atoms with Crippen molar-refractivity contribution in [3.63, 3.8) is 0 Å². The second-order valence-corrected chi connectivity index (χ2v) is 6.58. The van der Waals surface area contributed by atoms with Crippen molar-refractivity contribution in [2.24, 2.45) is 0 Å². The van der Waals surface area contributed by atoms with Crippen LogP contribution in [-0.4, -0.2) is 25.5 Å². The van der Waals surface area contributed by atoms with Crippen LogP contribution in [0.25, 0.3) is 0 Å². The zero-order valence-electron chi connectivity index (χ0n) is 11.4. The Kier molecular flexibility index (Phi) is 5.98. The molecule has 0 heterocycles. The summed E-state index contributed by atoms with van der Waals surface area (Å²) in [5.74, 6) is -1.19. The Bertz CT molecular complexity index is 586. The summed E-state index contributed by atoms with van der Waals surface area (Å²) >= 11 is 5.79. The van der Waals surface area contributed by atoms with Crippen molar-refractivity contribution in [3.8, 4) is 0 Å². The maximum absolute atomic E-state index is 12.2. The Morgan fingerprint density at radius 1 is 1.40 bits per heavy atom. The van der Waals surface area contributed by atoms with Crippen molar-refractivity contribution in [1.29, 1.82) is 0 Å². The second kappa shape index (κ2) is 7.06. The third-order valence-electron chi connectivity index (χ3n) is 2.93. The van der Waals surface area contributed by atoms with Gasteiger partial charge in [-0.05, 0) is 31.0 Å². The summed E-state index contributed by atoms with van der Waals surface area (Å²) in [5.41, 5.74) is -0.119. The van der Waals surface area contributed by atoms with Crippen LogP contribution in [-0.2, 0) is 10.0 Å². The van der Waals surface area contributed by atoms with Gasteiger partial charge in [0.05, 0.1) is 15.5 Å². The number of carboxylic acid groups (broad SMARTS) is 1. The van der Waals surface area contributed by atoms with Crippen LogP contribution in [0, 0.1) is 0 Å². The number of hydrogen-bond acceptors (Lipinski definition) is 3. The van der Waals surface area contributed by atoms with Gasteiger partial charge in [-0.2, -0.15) is 0 Å². The van der Waals surface area contributed by atoms with E-state index in [4.69, 9.17) is 16.7 Å². The molecule has 1 aromatic rings. The Morgan fingerprint density at radius 3 is 2.50 bits per heavy atom. The van der Waals surface area contributed by atoms with E-state index in [1.54, 1.807) is 0 Å². The normalized spacial score (nSPS) is 13.2.